The molecular weight excluding hydrogens is 1220 g/mol. The number of hydrogen-bond donors (Lipinski definition) is 2. The molecule has 0 saturated carbocycles. The molecule has 7 aromatic carbocycles. The van der Waals surface area contributed by atoms with Gasteiger partial charge in [-0.25, -0.2) is 29.0 Å². The molecule has 0 radical (unpaired) electrons. The molecule has 3 aromatic heterocycles. The SMILES string of the molecule is CC1=Nc2nc(OC(c3ccccc3)c3ccccc3)nn2C(SCC2=C(C(=O)OC(c3ccccc3)c3ccccc3)N3C(=O)[C@@H](NC(=O)C(=NOC(=O)c4cccnc4)c4nc(C(c5ccccc5)(c5ccccc5)c5ccccc5)sc4N)[C@H]3SC2)C1=C=O. The number of thioether (sulfide) groups is 2. The highest BCUT2D eigenvalue weighted by atomic mass is 32.2. The molecule has 1 saturated heterocycles. The number of aromatic nitrogens is 5. The summed E-state index contributed by atoms with van der Waals surface area (Å²) in [6, 6.07) is 68.9. The Morgan fingerprint density at radius 2 is 1.25 bits per heavy atom. The Morgan fingerprint density at radius 1 is 0.717 bits per heavy atom. The van der Waals surface area contributed by atoms with E-state index in [-0.39, 0.29) is 51.0 Å². The fraction of sp³-hybridized carbons (Fsp3) is 0.127. The highest BCUT2D eigenvalue weighted by Gasteiger charge is 2.55. The van der Waals surface area contributed by atoms with E-state index in [1.54, 1.807) is 13.0 Å². The predicted octanol–water partition coefficient (Wildman–Crippen LogP) is 11.6. The molecule has 454 valence electrons. The number of nitrogens with one attached hydrogen (secondary N) is 1. The molecule has 21 heteroatoms. The Labute approximate surface area is 540 Å². The average Bonchev–Trinajstić information content (AvgIpc) is 1.01. The number of pyridine rings is 1. The van der Waals surface area contributed by atoms with Crippen molar-refractivity contribution in [1.29, 1.82) is 0 Å². The lowest BCUT2D eigenvalue weighted by atomic mass is 9.70. The molecule has 0 spiro atoms. The van der Waals surface area contributed by atoms with Gasteiger partial charge in [0.2, 0.25) is 0 Å². The van der Waals surface area contributed by atoms with Crippen molar-refractivity contribution in [3.05, 3.63) is 309 Å². The van der Waals surface area contributed by atoms with Crippen molar-refractivity contribution in [1.82, 2.24) is 34.9 Å². The third-order valence-electron chi connectivity index (χ3n) is 15.8. The Bertz CT molecular complexity index is 4330. The number of nitrogens with zero attached hydrogens (tertiary/aromatic N) is 8. The Morgan fingerprint density at radius 3 is 1.77 bits per heavy atom. The van der Waals surface area contributed by atoms with E-state index in [2.05, 4.69) is 26.4 Å². The summed E-state index contributed by atoms with van der Waals surface area (Å²) in [6.07, 6.45) is 1.28. The van der Waals surface area contributed by atoms with Crippen LogP contribution < -0.4 is 15.8 Å². The molecule has 3 N–H and O–H groups in total. The lowest BCUT2D eigenvalue weighted by Gasteiger charge is -2.50. The largest absolute Gasteiger partial charge is 0.449 e. The van der Waals surface area contributed by atoms with Gasteiger partial charge in [0, 0.05) is 23.9 Å². The highest BCUT2D eigenvalue weighted by molar-refractivity contribution is 8.01. The van der Waals surface area contributed by atoms with Crippen LogP contribution in [-0.4, -0.2) is 93.7 Å². The first kappa shape index (κ1) is 60.1. The number of carbonyl (C=O) groups excluding carboxylic acids is 5. The minimum atomic E-state index is -1.27. The van der Waals surface area contributed by atoms with Gasteiger partial charge in [-0.15, -0.1) is 28.6 Å². The van der Waals surface area contributed by atoms with E-state index in [4.69, 9.17) is 35.1 Å². The molecule has 10 aromatic rings. The molecule has 2 amide bonds. The van der Waals surface area contributed by atoms with E-state index < -0.39 is 63.9 Å². The zero-order chi connectivity index (χ0) is 63.1. The van der Waals surface area contributed by atoms with Crippen molar-refractivity contribution in [2.75, 3.05) is 17.2 Å². The molecule has 0 bridgehead atoms. The van der Waals surface area contributed by atoms with Gasteiger partial charge in [0.15, 0.2) is 17.9 Å². The van der Waals surface area contributed by atoms with Gasteiger partial charge in [0.25, 0.3) is 17.8 Å². The van der Waals surface area contributed by atoms with E-state index in [1.165, 1.54) is 51.6 Å². The van der Waals surface area contributed by atoms with E-state index >= 15 is 14.4 Å². The van der Waals surface area contributed by atoms with Gasteiger partial charge in [-0.3, -0.25) is 19.5 Å². The maximum absolute atomic E-state index is 15.4. The number of esters is 1. The maximum atomic E-state index is 15.4. The molecule has 6 heterocycles. The normalized spacial score (nSPS) is 16.2. The van der Waals surface area contributed by atoms with Crippen molar-refractivity contribution >= 4 is 86.9 Å². The number of aliphatic imine (C=N–C) groups is 1. The summed E-state index contributed by atoms with van der Waals surface area (Å²) < 4.78 is 14.6. The minimum Gasteiger partial charge on any atom is -0.449 e. The van der Waals surface area contributed by atoms with Crippen LogP contribution in [0.2, 0.25) is 0 Å². The average molecular weight is 1270 g/mol. The zero-order valence-electron chi connectivity index (χ0n) is 49.0. The van der Waals surface area contributed by atoms with E-state index in [1.807, 2.05) is 212 Å². The van der Waals surface area contributed by atoms with Crippen LogP contribution >= 0.6 is 34.9 Å². The Hall–Kier alpha value is -10.8. The number of rotatable bonds is 20. The molecule has 3 aliphatic heterocycles. The third-order valence-corrected chi connectivity index (χ3v) is 19.4. The van der Waals surface area contributed by atoms with E-state index in [0.29, 0.717) is 27.4 Å². The van der Waals surface area contributed by atoms with Gasteiger partial charge < -0.3 is 25.4 Å². The highest BCUT2D eigenvalue weighted by Crippen LogP contribution is 2.49. The van der Waals surface area contributed by atoms with Gasteiger partial charge in [0.1, 0.15) is 44.1 Å². The summed E-state index contributed by atoms with van der Waals surface area (Å²) in [5.74, 6) is -0.877. The van der Waals surface area contributed by atoms with Crippen LogP contribution in [0, 0.1) is 0 Å². The first-order valence-electron chi connectivity index (χ1n) is 29.2. The number of thiazole rings is 1. The predicted molar refractivity (Wildman–Crippen MR) is 353 cm³/mol. The summed E-state index contributed by atoms with van der Waals surface area (Å²) in [5.41, 5.74) is 11.9. The first-order valence-corrected chi connectivity index (χ1v) is 32.1. The van der Waals surface area contributed by atoms with Crippen LogP contribution in [0.1, 0.15) is 84.5 Å². The van der Waals surface area contributed by atoms with Crippen molar-refractivity contribution < 1.29 is 38.3 Å². The van der Waals surface area contributed by atoms with Crippen LogP contribution in [0.15, 0.2) is 264 Å². The standard InChI is InChI=1S/C71H54N10O8S3/c1-44-54(41-82)64(81-69(74-44)77-70(78-81)88-60(47-28-13-4-14-29-47)48-30-15-5-16-31-48)90-42-50-43-91-65-57(63(84)80(65)58(50)67(86)87-59(45-24-9-2-10-25-45)46-26-11-3-12-27-46)75-62(83)56(79-89-66(85)49-32-23-39-73-40-49)55-61(72)92-68(76-55)71(51-33-17-6-18-34-51,52-35-19-7-20-36-52)53-37-21-8-22-38-53/h2-40,57,59-60,64-65H,42-43,72H2,1H3,(H,75,83)/t57-,64?,65-/m1/s1. The molecule has 3 atom stereocenters. The summed E-state index contributed by atoms with van der Waals surface area (Å²) >= 11 is 3.68. The van der Waals surface area contributed by atoms with Crippen molar-refractivity contribution in [3.63, 3.8) is 0 Å². The smallest absolute Gasteiger partial charge is 0.367 e. The lowest BCUT2D eigenvalue weighted by Crippen LogP contribution is -2.71. The molecule has 3 aliphatic rings. The summed E-state index contributed by atoms with van der Waals surface area (Å²) in [6.45, 7) is 1.68. The van der Waals surface area contributed by atoms with Crippen molar-refractivity contribution in [3.8, 4) is 6.01 Å². The number of nitrogen functional groups attached to an aromatic ring is 1. The number of hydrogen-bond acceptors (Lipinski definition) is 18. The van der Waals surface area contributed by atoms with Crippen LogP contribution in [0.4, 0.5) is 10.9 Å². The second-order valence-electron chi connectivity index (χ2n) is 21.4. The van der Waals surface area contributed by atoms with Crippen LogP contribution in [0.3, 0.4) is 0 Å². The molecule has 92 heavy (non-hydrogen) atoms. The molecular formula is C71H54N10O8S3. The van der Waals surface area contributed by atoms with Gasteiger partial charge in [-0.05, 0) is 63.6 Å². The van der Waals surface area contributed by atoms with Crippen LogP contribution in [-0.2, 0) is 34.2 Å². The number of β-lactam (4-membered cyclic amide) rings is 1. The lowest BCUT2D eigenvalue weighted by molar-refractivity contribution is -0.154. The zero-order valence-corrected chi connectivity index (χ0v) is 51.4. The third kappa shape index (κ3) is 11.8. The number of anilines is 1. The monoisotopic (exact) mass is 1270 g/mol. The van der Waals surface area contributed by atoms with Crippen LogP contribution in [0.25, 0.3) is 0 Å². The van der Waals surface area contributed by atoms with Crippen LogP contribution in [0.5, 0.6) is 6.01 Å². The number of carbonyl (C=O) groups is 4. The summed E-state index contributed by atoms with van der Waals surface area (Å²) in [7, 11) is 0. The van der Waals surface area contributed by atoms with Gasteiger partial charge >= 0.3 is 17.9 Å². The molecule has 1 fully saturated rings. The summed E-state index contributed by atoms with van der Waals surface area (Å²) in [4.78, 5) is 97.8. The minimum absolute atomic E-state index is 0.0103. The van der Waals surface area contributed by atoms with Gasteiger partial charge in [0.05, 0.1) is 22.3 Å². The Balaban J connectivity index is 0.848. The molecule has 18 nitrogen and oxygen atoms in total. The maximum Gasteiger partial charge on any atom is 0.367 e. The van der Waals surface area contributed by atoms with Gasteiger partial charge in [-0.1, -0.05) is 229 Å². The summed E-state index contributed by atoms with van der Waals surface area (Å²) in [5, 5.41) is 10.6. The quantitative estimate of drug-likeness (QED) is 0.0137. The fourth-order valence-corrected chi connectivity index (χ4v) is 15.2. The molecule has 13 rings (SSSR count). The second kappa shape index (κ2) is 26.7. The fourth-order valence-electron chi connectivity index (χ4n) is 11.4. The van der Waals surface area contributed by atoms with Gasteiger partial charge in [-0.2, -0.15) is 4.98 Å². The number of amides is 2. The number of benzene rings is 7. The van der Waals surface area contributed by atoms with E-state index in [9.17, 15) is 9.59 Å². The number of oxime groups is 1. The van der Waals surface area contributed by atoms with Crippen molar-refractivity contribution in [2.45, 2.75) is 41.3 Å². The number of fused-ring (bicyclic) bond motifs is 2. The second-order valence-corrected chi connectivity index (χ2v) is 24.6. The number of nitrogens with two attached hydrogens (primary N) is 1. The first-order chi connectivity index (χ1) is 45.1. The number of ether oxygens (including phenoxy) is 2. The topological polar surface area (TPSA) is 236 Å². The van der Waals surface area contributed by atoms with E-state index in [0.717, 1.165) is 39.2 Å². The molecule has 1 unspecified atom stereocenters. The molecule has 0 aliphatic carbocycles. The Kier molecular flexibility index (Phi) is 17.4. The van der Waals surface area contributed by atoms with Crippen molar-refractivity contribution in [2.24, 2.45) is 10.1 Å².